The molecule has 0 bridgehead atoms. The lowest BCUT2D eigenvalue weighted by Gasteiger charge is -2.27. The van der Waals surface area contributed by atoms with Crippen molar-refractivity contribution in [3.8, 4) is 11.3 Å². The van der Waals surface area contributed by atoms with Crippen LogP contribution < -0.4 is 0 Å². The van der Waals surface area contributed by atoms with Gasteiger partial charge in [-0.3, -0.25) is 20.0 Å². The van der Waals surface area contributed by atoms with E-state index < -0.39 is 4.92 Å². The van der Waals surface area contributed by atoms with Crippen molar-refractivity contribution in [2.75, 3.05) is 27.2 Å². The van der Waals surface area contributed by atoms with Crippen LogP contribution in [0.2, 0.25) is 0 Å². The second-order valence-electron chi connectivity index (χ2n) is 7.63. The fraction of sp³-hybridized carbons (Fsp3) is 0.273. The topological polar surface area (TPSA) is 95.4 Å². The number of hydrogen-bond donors (Lipinski definition) is 1. The van der Waals surface area contributed by atoms with E-state index in [1.807, 2.05) is 49.3 Å². The summed E-state index contributed by atoms with van der Waals surface area (Å²) in [7, 11) is 4.03. The van der Waals surface area contributed by atoms with Gasteiger partial charge >= 0.3 is 0 Å². The Kier molecular flexibility index (Phi) is 5.33. The lowest BCUT2D eigenvalue weighted by molar-refractivity contribution is -0.384. The maximum Gasteiger partial charge on any atom is 0.273 e. The van der Waals surface area contributed by atoms with E-state index in [1.54, 1.807) is 12.1 Å². The van der Waals surface area contributed by atoms with Gasteiger partial charge in [0.2, 0.25) is 0 Å². The summed E-state index contributed by atoms with van der Waals surface area (Å²) in [5, 5.41) is 18.3. The standard InChI is InChI=1S/C22H23N5O3/c1-25(2)13-6-14-26-21(16-7-4-3-5-8-16)18-19(23-24-20(18)22(26)28)15-9-11-17(12-10-15)27(29)30/h3-5,7-12,21H,6,13-14H2,1-2H3,(H,23,24)/t21-/m0/s1. The van der Waals surface area contributed by atoms with Gasteiger partial charge in [0.1, 0.15) is 5.69 Å². The molecular formula is C22H23N5O3. The molecule has 0 fully saturated rings. The summed E-state index contributed by atoms with van der Waals surface area (Å²) in [6.45, 7) is 1.51. The molecule has 1 aromatic heterocycles. The van der Waals surface area contributed by atoms with Gasteiger partial charge in [-0.1, -0.05) is 30.3 Å². The fourth-order valence-electron chi connectivity index (χ4n) is 3.93. The van der Waals surface area contributed by atoms with E-state index in [2.05, 4.69) is 15.1 Å². The average Bonchev–Trinajstić information content (AvgIpc) is 3.28. The minimum Gasteiger partial charge on any atom is -0.326 e. The van der Waals surface area contributed by atoms with Crippen LogP contribution in [0.4, 0.5) is 5.69 Å². The number of H-pyrrole nitrogens is 1. The predicted octanol–water partition coefficient (Wildman–Crippen LogP) is 3.48. The number of hydrogen-bond acceptors (Lipinski definition) is 5. The zero-order valence-electron chi connectivity index (χ0n) is 16.9. The third kappa shape index (κ3) is 3.57. The summed E-state index contributed by atoms with van der Waals surface area (Å²) in [5.74, 6) is -0.0710. The first kappa shape index (κ1) is 19.8. The van der Waals surface area contributed by atoms with Crippen molar-refractivity contribution in [3.05, 3.63) is 81.5 Å². The number of nitro benzene ring substituents is 1. The molecule has 3 aromatic rings. The van der Waals surface area contributed by atoms with Crippen molar-refractivity contribution < 1.29 is 9.72 Å². The van der Waals surface area contributed by atoms with Gasteiger partial charge in [-0.15, -0.1) is 0 Å². The first-order valence-corrected chi connectivity index (χ1v) is 9.81. The molecule has 0 saturated carbocycles. The van der Waals surface area contributed by atoms with Crippen molar-refractivity contribution in [2.45, 2.75) is 12.5 Å². The molecule has 0 spiro atoms. The number of carbonyl (C=O) groups is 1. The van der Waals surface area contributed by atoms with E-state index in [1.165, 1.54) is 12.1 Å². The van der Waals surface area contributed by atoms with Gasteiger partial charge in [0.05, 0.1) is 16.7 Å². The van der Waals surface area contributed by atoms with Crippen LogP contribution in [-0.2, 0) is 0 Å². The van der Waals surface area contributed by atoms with E-state index in [9.17, 15) is 14.9 Å². The summed E-state index contributed by atoms with van der Waals surface area (Å²) >= 11 is 0. The van der Waals surface area contributed by atoms with Gasteiger partial charge in [0.15, 0.2) is 0 Å². The molecule has 2 heterocycles. The second-order valence-corrected chi connectivity index (χ2v) is 7.63. The van der Waals surface area contributed by atoms with Crippen LogP contribution in [0, 0.1) is 10.1 Å². The van der Waals surface area contributed by atoms with Crippen LogP contribution in [0.1, 0.15) is 34.1 Å². The fourth-order valence-corrected chi connectivity index (χ4v) is 3.93. The number of nitrogens with one attached hydrogen (secondary N) is 1. The number of aromatic nitrogens is 2. The minimum atomic E-state index is -0.429. The van der Waals surface area contributed by atoms with Gasteiger partial charge in [-0.25, -0.2) is 0 Å². The number of non-ortho nitro benzene ring substituents is 1. The molecule has 0 aliphatic carbocycles. The van der Waals surface area contributed by atoms with E-state index in [-0.39, 0.29) is 17.6 Å². The third-order valence-electron chi connectivity index (χ3n) is 5.34. The maximum absolute atomic E-state index is 13.2. The quantitative estimate of drug-likeness (QED) is 0.480. The summed E-state index contributed by atoms with van der Waals surface area (Å²) in [6.07, 6.45) is 0.854. The highest BCUT2D eigenvalue weighted by Gasteiger charge is 2.41. The van der Waals surface area contributed by atoms with E-state index in [0.717, 1.165) is 29.7 Å². The summed E-state index contributed by atoms with van der Waals surface area (Å²) in [5.41, 5.74) is 3.73. The van der Waals surface area contributed by atoms with E-state index >= 15 is 0 Å². The Morgan fingerprint density at radius 2 is 1.83 bits per heavy atom. The molecule has 4 rings (SSSR count). The lowest BCUT2D eigenvalue weighted by Crippen LogP contribution is -2.32. The van der Waals surface area contributed by atoms with Gasteiger partial charge in [0.25, 0.3) is 11.6 Å². The molecule has 1 aliphatic heterocycles. The molecule has 154 valence electrons. The van der Waals surface area contributed by atoms with Crippen molar-refractivity contribution in [1.29, 1.82) is 0 Å². The Morgan fingerprint density at radius 1 is 1.13 bits per heavy atom. The van der Waals surface area contributed by atoms with Gasteiger partial charge < -0.3 is 9.80 Å². The molecule has 1 amide bonds. The van der Waals surface area contributed by atoms with Gasteiger partial charge in [0, 0.05) is 29.8 Å². The maximum atomic E-state index is 13.2. The largest absolute Gasteiger partial charge is 0.326 e. The monoisotopic (exact) mass is 405 g/mol. The average molecular weight is 405 g/mol. The second kappa shape index (κ2) is 8.08. The Bertz CT molecular complexity index is 1060. The number of nitrogens with zero attached hydrogens (tertiary/aromatic N) is 4. The number of rotatable bonds is 7. The SMILES string of the molecule is CN(C)CCCN1C(=O)c2[nH]nc(-c3ccc([N+](=O)[O-])cc3)c2[C@@H]1c1ccccc1. The molecule has 8 nitrogen and oxygen atoms in total. The minimum absolute atomic E-state index is 0.0203. The number of fused-ring (bicyclic) bond motifs is 1. The molecule has 1 atom stereocenters. The zero-order chi connectivity index (χ0) is 21.3. The Hall–Kier alpha value is -3.52. The normalized spacial score (nSPS) is 15.6. The lowest BCUT2D eigenvalue weighted by atomic mass is 9.96. The van der Waals surface area contributed by atoms with E-state index in [4.69, 9.17) is 0 Å². The smallest absolute Gasteiger partial charge is 0.273 e. The van der Waals surface area contributed by atoms with Crippen molar-refractivity contribution in [2.24, 2.45) is 0 Å². The molecule has 1 N–H and O–H groups in total. The van der Waals surface area contributed by atoms with Gasteiger partial charge in [-0.2, -0.15) is 5.10 Å². The highest BCUT2D eigenvalue weighted by Crippen LogP contribution is 2.42. The number of nitro groups is 1. The summed E-state index contributed by atoms with van der Waals surface area (Å²) < 4.78 is 0. The van der Waals surface area contributed by atoms with Crippen molar-refractivity contribution in [1.82, 2.24) is 20.0 Å². The Morgan fingerprint density at radius 3 is 2.47 bits per heavy atom. The summed E-state index contributed by atoms with van der Waals surface area (Å²) in [4.78, 5) is 27.7. The molecule has 0 saturated heterocycles. The first-order chi connectivity index (χ1) is 14.5. The molecule has 0 unspecified atom stereocenters. The first-order valence-electron chi connectivity index (χ1n) is 9.81. The zero-order valence-corrected chi connectivity index (χ0v) is 16.9. The molecule has 0 radical (unpaired) electrons. The highest BCUT2D eigenvalue weighted by molar-refractivity contribution is 6.00. The Labute approximate surface area is 174 Å². The van der Waals surface area contributed by atoms with Crippen LogP contribution in [0.5, 0.6) is 0 Å². The summed E-state index contributed by atoms with van der Waals surface area (Å²) in [6, 6.07) is 15.9. The molecule has 30 heavy (non-hydrogen) atoms. The third-order valence-corrected chi connectivity index (χ3v) is 5.34. The van der Waals surface area contributed by atoms with Crippen LogP contribution in [0.3, 0.4) is 0 Å². The molecule has 2 aromatic carbocycles. The van der Waals surface area contributed by atoms with Crippen LogP contribution >= 0.6 is 0 Å². The number of aromatic amines is 1. The van der Waals surface area contributed by atoms with Crippen molar-refractivity contribution in [3.63, 3.8) is 0 Å². The molecular weight excluding hydrogens is 382 g/mol. The number of amides is 1. The Balaban J connectivity index is 1.75. The number of benzene rings is 2. The van der Waals surface area contributed by atoms with Crippen LogP contribution in [0.25, 0.3) is 11.3 Å². The molecule has 8 heteroatoms. The predicted molar refractivity (Wildman–Crippen MR) is 113 cm³/mol. The highest BCUT2D eigenvalue weighted by atomic mass is 16.6. The van der Waals surface area contributed by atoms with Crippen molar-refractivity contribution >= 4 is 11.6 Å². The number of carbonyl (C=O) groups excluding carboxylic acids is 1. The van der Waals surface area contributed by atoms with Crippen LogP contribution in [0.15, 0.2) is 54.6 Å². The molecule has 1 aliphatic rings. The van der Waals surface area contributed by atoms with Gasteiger partial charge in [-0.05, 0) is 44.8 Å². The van der Waals surface area contributed by atoms with E-state index in [0.29, 0.717) is 17.9 Å². The van der Waals surface area contributed by atoms with Crippen LogP contribution in [-0.4, -0.2) is 58.0 Å².